The van der Waals surface area contributed by atoms with Crippen molar-refractivity contribution in [2.24, 2.45) is 0 Å². The van der Waals surface area contributed by atoms with Gasteiger partial charge in [-0.2, -0.15) is 0 Å². The lowest BCUT2D eigenvalue weighted by Crippen LogP contribution is -2.39. The van der Waals surface area contributed by atoms with Crippen LogP contribution in [0.5, 0.6) is 0 Å². The summed E-state index contributed by atoms with van der Waals surface area (Å²) in [5.41, 5.74) is 2.85. The van der Waals surface area contributed by atoms with Crippen LogP contribution < -0.4 is 0 Å². The maximum atomic E-state index is 5.92. The van der Waals surface area contributed by atoms with Crippen molar-refractivity contribution in [3.8, 4) is 0 Å². The van der Waals surface area contributed by atoms with Crippen LogP contribution in [0.15, 0.2) is 23.8 Å². The number of ether oxygens (including phenoxy) is 1. The standard InChI is InChI=1S/C12H18O/c1-10-5-7-12(8-6-10)11(2)4-3-9-13-12/h5H,2-4,6-9H2,1H3. The molecule has 1 heteroatoms. The molecule has 1 heterocycles. The molecule has 1 fully saturated rings. The van der Waals surface area contributed by atoms with Crippen LogP contribution in [-0.2, 0) is 4.74 Å². The molecular weight excluding hydrogens is 160 g/mol. The van der Waals surface area contributed by atoms with E-state index in [-0.39, 0.29) is 5.60 Å². The van der Waals surface area contributed by atoms with E-state index >= 15 is 0 Å². The zero-order valence-corrected chi connectivity index (χ0v) is 8.44. The summed E-state index contributed by atoms with van der Waals surface area (Å²) in [4.78, 5) is 0. The second-order valence-electron chi connectivity index (χ2n) is 4.30. The number of hydrogen-bond donors (Lipinski definition) is 0. The first-order chi connectivity index (χ1) is 6.23. The summed E-state index contributed by atoms with van der Waals surface area (Å²) < 4.78 is 5.92. The summed E-state index contributed by atoms with van der Waals surface area (Å²) >= 11 is 0. The van der Waals surface area contributed by atoms with Crippen LogP contribution in [0.2, 0.25) is 0 Å². The number of allylic oxidation sites excluding steroid dienone is 1. The molecule has 1 nitrogen and oxygen atoms in total. The lowest BCUT2D eigenvalue weighted by Gasteiger charge is -2.41. The third kappa shape index (κ3) is 1.58. The normalized spacial score (nSPS) is 34.8. The molecule has 0 aromatic rings. The molecular formula is C12H18O. The molecule has 0 aromatic carbocycles. The van der Waals surface area contributed by atoms with E-state index in [4.69, 9.17) is 4.74 Å². The van der Waals surface area contributed by atoms with Gasteiger partial charge in [0.15, 0.2) is 0 Å². The molecule has 72 valence electrons. The van der Waals surface area contributed by atoms with Gasteiger partial charge >= 0.3 is 0 Å². The summed E-state index contributed by atoms with van der Waals surface area (Å²) in [5.74, 6) is 0. The Bertz CT molecular complexity index is 252. The minimum absolute atomic E-state index is 0.0256. The number of rotatable bonds is 0. The summed E-state index contributed by atoms with van der Waals surface area (Å²) in [6, 6.07) is 0. The maximum absolute atomic E-state index is 5.92. The molecule has 1 aliphatic heterocycles. The molecule has 0 amide bonds. The third-order valence-corrected chi connectivity index (χ3v) is 3.35. The van der Waals surface area contributed by atoms with Crippen molar-refractivity contribution in [2.75, 3.05) is 6.61 Å². The molecule has 0 bridgehead atoms. The lowest BCUT2D eigenvalue weighted by atomic mass is 9.78. The van der Waals surface area contributed by atoms with Gasteiger partial charge in [-0.25, -0.2) is 0 Å². The molecule has 13 heavy (non-hydrogen) atoms. The fraction of sp³-hybridized carbons (Fsp3) is 0.667. The SMILES string of the molecule is C=C1CCCOC12CC=C(C)CC2. The molecule has 2 aliphatic rings. The van der Waals surface area contributed by atoms with Crippen LogP contribution >= 0.6 is 0 Å². The highest BCUT2D eigenvalue weighted by atomic mass is 16.5. The van der Waals surface area contributed by atoms with Gasteiger partial charge < -0.3 is 4.74 Å². The second kappa shape index (κ2) is 3.30. The van der Waals surface area contributed by atoms with Gasteiger partial charge in [0.25, 0.3) is 0 Å². The van der Waals surface area contributed by atoms with E-state index in [1.165, 1.54) is 17.6 Å². The predicted octanol–water partition coefficient (Wildman–Crippen LogP) is 3.22. The molecule has 1 aliphatic carbocycles. The Balaban J connectivity index is 2.15. The highest BCUT2D eigenvalue weighted by Gasteiger charge is 2.36. The molecule has 0 aromatic heterocycles. The van der Waals surface area contributed by atoms with Gasteiger partial charge in [-0.05, 0) is 44.6 Å². The molecule has 1 spiro atoms. The van der Waals surface area contributed by atoms with Gasteiger partial charge in [0.2, 0.25) is 0 Å². The smallest absolute Gasteiger partial charge is 0.0926 e. The van der Waals surface area contributed by atoms with E-state index in [9.17, 15) is 0 Å². The fourth-order valence-electron chi connectivity index (χ4n) is 2.28. The van der Waals surface area contributed by atoms with Crippen LogP contribution in [0, 0.1) is 0 Å². The van der Waals surface area contributed by atoms with Crippen molar-refractivity contribution < 1.29 is 4.74 Å². The predicted molar refractivity (Wildman–Crippen MR) is 54.7 cm³/mol. The van der Waals surface area contributed by atoms with E-state index in [0.717, 1.165) is 32.3 Å². The fourth-order valence-corrected chi connectivity index (χ4v) is 2.28. The Labute approximate surface area is 80.5 Å². The minimum Gasteiger partial charge on any atom is -0.370 e. The van der Waals surface area contributed by atoms with Gasteiger partial charge in [0.1, 0.15) is 0 Å². The van der Waals surface area contributed by atoms with Crippen LogP contribution in [0.4, 0.5) is 0 Å². The van der Waals surface area contributed by atoms with E-state index in [1.807, 2.05) is 0 Å². The first kappa shape index (κ1) is 9.01. The minimum atomic E-state index is 0.0256. The molecule has 1 atom stereocenters. The van der Waals surface area contributed by atoms with Crippen LogP contribution in [0.3, 0.4) is 0 Å². The van der Waals surface area contributed by atoms with Gasteiger partial charge in [0.05, 0.1) is 5.60 Å². The lowest BCUT2D eigenvalue weighted by molar-refractivity contribution is -0.0448. The van der Waals surface area contributed by atoms with E-state index < -0.39 is 0 Å². The number of hydrogen-bond acceptors (Lipinski definition) is 1. The molecule has 2 rings (SSSR count). The third-order valence-electron chi connectivity index (χ3n) is 3.35. The van der Waals surface area contributed by atoms with Crippen molar-refractivity contribution >= 4 is 0 Å². The van der Waals surface area contributed by atoms with Crippen molar-refractivity contribution in [1.82, 2.24) is 0 Å². The molecule has 0 radical (unpaired) electrons. The zero-order chi connectivity index (χ0) is 9.31. The Morgan fingerprint density at radius 2 is 2.31 bits per heavy atom. The first-order valence-corrected chi connectivity index (χ1v) is 5.21. The average Bonchev–Trinajstić information content (AvgIpc) is 2.15. The highest BCUT2D eigenvalue weighted by molar-refractivity contribution is 5.22. The summed E-state index contributed by atoms with van der Waals surface area (Å²) in [6.07, 6.45) is 8.01. The molecule has 1 unspecified atom stereocenters. The Kier molecular flexibility index (Phi) is 2.29. The monoisotopic (exact) mass is 178 g/mol. The quantitative estimate of drug-likeness (QED) is 0.517. The van der Waals surface area contributed by atoms with Gasteiger partial charge in [-0.1, -0.05) is 18.2 Å². The van der Waals surface area contributed by atoms with E-state index in [1.54, 1.807) is 0 Å². The van der Waals surface area contributed by atoms with Crippen molar-refractivity contribution in [1.29, 1.82) is 0 Å². The van der Waals surface area contributed by atoms with Crippen molar-refractivity contribution in [2.45, 2.75) is 44.6 Å². The first-order valence-electron chi connectivity index (χ1n) is 5.21. The summed E-state index contributed by atoms with van der Waals surface area (Å²) in [7, 11) is 0. The summed E-state index contributed by atoms with van der Waals surface area (Å²) in [5, 5.41) is 0. The highest BCUT2D eigenvalue weighted by Crippen LogP contribution is 2.40. The Morgan fingerprint density at radius 1 is 1.46 bits per heavy atom. The maximum Gasteiger partial charge on any atom is 0.0926 e. The molecule has 0 N–H and O–H groups in total. The van der Waals surface area contributed by atoms with E-state index in [2.05, 4.69) is 19.6 Å². The van der Waals surface area contributed by atoms with Crippen LogP contribution in [0.1, 0.15) is 39.0 Å². The van der Waals surface area contributed by atoms with Gasteiger partial charge in [-0.3, -0.25) is 0 Å². The summed E-state index contributed by atoms with van der Waals surface area (Å²) in [6.45, 7) is 7.29. The molecule has 0 saturated carbocycles. The topological polar surface area (TPSA) is 9.23 Å². The van der Waals surface area contributed by atoms with Crippen LogP contribution in [0.25, 0.3) is 0 Å². The zero-order valence-electron chi connectivity index (χ0n) is 8.44. The van der Waals surface area contributed by atoms with Gasteiger partial charge in [-0.15, -0.1) is 0 Å². The Hall–Kier alpha value is -0.560. The van der Waals surface area contributed by atoms with E-state index in [0.29, 0.717) is 0 Å². The van der Waals surface area contributed by atoms with Crippen molar-refractivity contribution in [3.63, 3.8) is 0 Å². The average molecular weight is 178 g/mol. The second-order valence-corrected chi connectivity index (χ2v) is 4.30. The van der Waals surface area contributed by atoms with Crippen LogP contribution in [-0.4, -0.2) is 12.2 Å². The van der Waals surface area contributed by atoms with Crippen molar-refractivity contribution in [3.05, 3.63) is 23.8 Å². The van der Waals surface area contributed by atoms with Gasteiger partial charge in [0, 0.05) is 6.61 Å². The largest absolute Gasteiger partial charge is 0.370 e. The Morgan fingerprint density at radius 3 is 2.92 bits per heavy atom. The molecule has 1 saturated heterocycles.